The van der Waals surface area contributed by atoms with Crippen molar-refractivity contribution < 1.29 is 18.0 Å². The SMILES string of the molecule is CC(C)CN(CC(F)(F)F)C(=O)c1cn[nH]n1. The Morgan fingerprint density at radius 3 is 2.59 bits per heavy atom. The van der Waals surface area contributed by atoms with Gasteiger partial charge in [0.15, 0.2) is 5.69 Å². The van der Waals surface area contributed by atoms with E-state index in [1.165, 1.54) is 0 Å². The third kappa shape index (κ3) is 4.41. The van der Waals surface area contributed by atoms with Gasteiger partial charge >= 0.3 is 6.18 Å². The summed E-state index contributed by atoms with van der Waals surface area (Å²) in [6, 6.07) is 0. The number of amides is 1. The van der Waals surface area contributed by atoms with Crippen LogP contribution in [0, 0.1) is 5.92 Å². The number of halogens is 3. The average Bonchev–Trinajstić information content (AvgIpc) is 2.65. The van der Waals surface area contributed by atoms with Crippen molar-refractivity contribution in [3.63, 3.8) is 0 Å². The molecule has 1 amide bonds. The fourth-order valence-electron chi connectivity index (χ4n) is 1.34. The predicted octanol–water partition coefficient (Wildman–Crippen LogP) is 1.47. The van der Waals surface area contributed by atoms with Crippen LogP contribution in [0.4, 0.5) is 13.2 Å². The van der Waals surface area contributed by atoms with Crippen molar-refractivity contribution in [3.05, 3.63) is 11.9 Å². The summed E-state index contributed by atoms with van der Waals surface area (Å²) >= 11 is 0. The third-order valence-electron chi connectivity index (χ3n) is 1.88. The molecule has 1 heterocycles. The maximum Gasteiger partial charge on any atom is 0.406 e. The van der Waals surface area contributed by atoms with Crippen LogP contribution in [-0.4, -0.2) is 45.5 Å². The van der Waals surface area contributed by atoms with Crippen LogP contribution in [0.3, 0.4) is 0 Å². The van der Waals surface area contributed by atoms with Crippen LogP contribution >= 0.6 is 0 Å². The van der Waals surface area contributed by atoms with Crippen LogP contribution in [0.1, 0.15) is 24.3 Å². The fourth-order valence-corrected chi connectivity index (χ4v) is 1.34. The molecule has 1 rings (SSSR count). The summed E-state index contributed by atoms with van der Waals surface area (Å²) in [5.41, 5.74) is -0.116. The Morgan fingerprint density at radius 2 is 2.18 bits per heavy atom. The minimum atomic E-state index is -4.42. The Bertz CT molecular complexity index is 361. The molecule has 17 heavy (non-hydrogen) atoms. The van der Waals surface area contributed by atoms with Crippen LogP contribution < -0.4 is 0 Å². The lowest BCUT2D eigenvalue weighted by molar-refractivity contribution is -0.141. The maximum absolute atomic E-state index is 12.3. The van der Waals surface area contributed by atoms with E-state index in [1.54, 1.807) is 13.8 Å². The van der Waals surface area contributed by atoms with Gasteiger partial charge in [0, 0.05) is 6.54 Å². The molecule has 0 aliphatic rings. The monoisotopic (exact) mass is 250 g/mol. The van der Waals surface area contributed by atoms with Crippen LogP contribution in [0.15, 0.2) is 6.20 Å². The van der Waals surface area contributed by atoms with E-state index >= 15 is 0 Å². The zero-order valence-corrected chi connectivity index (χ0v) is 9.45. The van der Waals surface area contributed by atoms with E-state index < -0.39 is 18.6 Å². The smallest absolute Gasteiger partial charge is 0.328 e. The van der Waals surface area contributed by atoms with Crippen LogP contribution in [-0.2, 0) is 0 Å². The highest BCUT2D eigenvalue weighted by Gasteiger charge is 2.34. The number of aromatic nitrogens is 3. The lowest BCUT2D eigenvalue weighted by Gasteiger charge is -2.24. The molecule has 0 spiro atoms. The third-order valence-corrected chi connectivity index (χ3v) is 1.88. The second-order valence-electron chi connectivity index (χ2n) is 4.05. The molecule has 0 atom stereocenters. The fraction of sp³-hybridized carbons (Fsp3) is 0.667. The molecule has 8 heteroatoms. The highest BCUT2D eigenvalue weighted by atomic mass is 19.4. The number of aromatic amines is 1. The molecule has 0 aliphatic heterocycles. The van der Waals surface area contributed by atoms with Crippen LogP contribution in [0.2, 0.25) is 0 Å². The van der Waals surface area contributed by atoms with E-state index in [-0.39, 0.29) is 18.2 Å². The van der Waals surface area contributed by atoms with E-state index in [9.17, 15) is 18.0 Å². The Labute approximate surface area is 96.0 Å². The largest absolute Gasteiger partial charge is 0.406 e. The lowest BCUT2D eigenvalue weighted by Crippen LogP contribution is -2.41. The van der Waals surface area contributed by atoms with Crippen molar-refractivity contribution >= 4 is 5.91 Å². The molecule has 0 fully saturated rings. The molecular weight excluding hydrogens is 237 g/mol. The van der Waals surface area contributed by atoms with Gasteiger partial charge < -0.3 is 4.90 Å². The van der Waals surface area contributed by atoms with Gasteiger partial charge in [0.05, 0.1) is 6.20 Å². The summed E-state index contributed by atoms with van der Waals surface area (Å²) in [6.45, 7) is 2.21. The number of carbonyl (C=O) groups is 1. The quantitative estimate of drug-likeness (QED) is 0.880. The van der Waals surface area contributed by atoms with E-state index in [4.69, 9.17) is 0 Å². The first-order chi connectivity index (χ1) is 7.79. The number of nitrogens with one attached hydrogen (secondary N) is 1. The minimum Gasteiger partial charge on any atom is -0.328 e. The van der Waals surface area contributed by atoms with Crippen molar-refractivity contribution in [2.75, 3.05) is 13.1 Å². The summed E-state index contributed by atoms with van der Waals surface area (Å²) < 4.78 is 37.0. The van der Waals surface area contributed by atoms with Crippen molar-refractivity contribution in [1.82, 2.24) is 20.3 Å². The Kier molecular flexibility index (Phi) is 4.08. The number of rotatable bonds is 4. The summed E-state index contributed by atoms with van der Waals surface area (Å²) in [5, 5.41) is 9.07. The Morgan fingerprint density at radius 1 is 1.53 bits per heavy atom. The van der Waals surface area contributed by atoms with Crippen molar-refractivity contribution in [2.24, 2.45) is 5.92 Å². The van der Waals surface area contributed by atoms with Crippen molar-refractivity contribution in [2.45, 2.75) is 20.0 Å². The highest BCUT2D eigenvalue weighted by Crippen LogP contribution is 2.18. The summed E-state index contributed by atoms with van der Waals surface area (Å²) in [5.74, 6) is -0.835. The number of hydrogen-bond donors (Lipinski definition) is 1. The molecule has 1 N–H and O–H groups in total. The zero-order chi connectivity index (χ0) is 13.1. The standard InChI is InChI=1S/C9H13F3N4O/c1-6(2)4-16(5-9(10,11)12)8(17)7-3-13-15-14-7/h3,6H,4-5H2,1-2H3,(H,13,14,15). The van der Waals surface area contributed by atoms with Crippen LogP contribution in [0.25, 0.3) is 0 Å². The van der Waals surface area contributed by atoms with Gasteiger partial charge in [-0.15, -0.1) is 0 Å². The average molecular weight is 250 g/mol. The summed E-state index contributed by atoms with van der Waals surface area (Å²) in [4.78, 5) is 12.4. The van der Waals surface area contributed by atoms with Gasteiger partial charge in [0.1, 0.15) is 6.54 Å². The van der Waals surface area contributed by atoms with E-state index in [2.05, 4.69) is 15.4 Å². The van der Waals surface area contributed by atoms with Gasteiger partial charge in [-0.3, -0.25) is 4.79 Å². The zero-order valence-electron chi connectivity index (χ0n) is 9.45. The van der Waals surface area contributed by atoms with Gasteiger partial charge in [0.25, 0.3) is 5.91 Å². The highest BCUT2D eigenvalue weighted by molar-refractivity contribution is 5.91. The molecule has 0 bridgehead atoms. The lowest BCUT2D eigenvalue weighted by atomic mass is 10.2. The Hall–Kier alpha value is -1.60. The van der Waals surface area contributed by atoms with Crippen molar-refractivity contribution in [1.29, 1.82) is 0 Å². The molecule has 1 aromatic rings. The van der Waals surface area contributed by atoms with E-state index in [0.717, 1.165) is 11.1 Å². The van der Waals surface area contributed by atoms with Gasteiger partial charge in [-0.2, -0.15) is 28.6 Å². The number of carbonyl (C=O) groups excluding carboxylic acids is 1. The summed E-state index contributed by atoms with van der Waals surface area (Å²) in [7, 11) is 0. The first kappa shape index (κ1) is 13.5. The molecular formula is C9H13F3N4O. The normalized spacial score (nSPS) is 11.9. The van der Waals surface area contributed by atoms with E-state index in [0.29, 0.717) is 0 Å². The molecule has 5 nitrogen and oxygen atoms in total. The molecule has 0 saturated carbocycles. The first-order valence-electron chi connectivity index (χ1n) is 5.01. The molecule has 1 aromatic heterocycles. The van der Waals surface area contributed by atoms with Gasteiger partial charge in [-0.25, -0.2) is 0 Å². The predicted molar refractivity (Wildman–Crippen MR) is 53.2 cm³/mol. The number of hydrogen-bond acceptors (Lipinski definition) is 3. The number of H-pyrrole nitrogens is 1. The molecule has 0 aromatic carbocycles. The molecule has 96 valence electrons. The minimum absolute atomic E-state index is 0.0191. The summed E-state index contributed by atoms with van der Waals surface area (Å²) in [6.07, 6.45) is -3.32. The van der Waals surface area contributed by atoms with E-state index in [1.807, 2.05) is 0 Å². The van der Waals surface area contributed by atoms with Gasteiger partial charge in [-0.05, 0) is 5.92 Å². The maximum atomic E-state index is 12.3. The van der Waals surface area contributed by atoms with Crippen molar-refractivity contribution in [3.8, 4) is 0 Å². The molecule has 0 saturated heterocycles. The first-order valence-corrected chi connectivity index (χ1v) is 5.01. The molecule has 0 unspecified atom stereocenters. The van der Waals surface area contributed by atoms with Gasteiger partial charge in [-0.1, -0.05) is 13.8 Å². The van der Waals surface area contributed by atoms with Crippen LogP contribution in [0.5, 0.6) is 0 Å². The number of alkyl halides is 3. The molecule has 0 radical (unpaired) electrons. The Balaban J connectivity index is 2.79. The topological polar surface area (TPSA) is 61.9 Å². The second kappa shape index (κ2) is 5.15. The number of nitrogens with zero attached hydrogens (tertiary/aromatic N) is 3. The second-order valence-corrected chi connectivity index (χ2v) is 4.05. The van der Waals surface area contributed by atoms with Gasteiger partial charge in [0.2, 0.25) is 0 Å². The molecule has 0 aliphatic carbocycles.